The van der Waals surface area contributed by atoms with Crippen molar-refractivity contribution in [2.24, 2.45) is 0 Å². The first-order chi connectivity index (χ1) is 15.8. The molecule has 172 valence electrons. The highest BCUT2D eigenvalue weighted by atomic mass is 32.2. The number of anilines is 1. The molecule has 1 aliphatic heterocycles. The van der Waals surface area contributed by atoms with Crippen molar-refractivity contribution >= 4 is 27.7 Å². The third-order valence-corrected chi connectivity index (χ3v) is 7.28. The van der Waals surface area contributed by atoms with E-state index in [1.807, 2.05) is 18.2 Å². The first-order valence-corrected chi connectivity index (χ1v) is 11.9. The van der Waals surface area contributed by atoms with Gasteiger partial charge in [-0.05, 0) is 36.4 Å². The smallest absolute Gasteiger partial charge is 0.256 e. The maximum Gasteiger partial charge on any atom is 0.256 e. The number of rotatable bonds is 6. The highest BCUT2D eigenvalue weighted by Gasteiger charge is 2.29. The van der Waals surface area contributed by atoms with E-state index in [1.165, 1.54) is 35.5 Å². The van der Waals surface area contributed by atoms with E-state index in [2.05, 4.69) is 15.4 Å². The van der Waals surface area contributed by atoms with Gasteiger partial charge in [0.25, 0.3) is 5.91 Å². The molecular formula is C22H24N6O4S. The maximum absolute atomic E-state index is 12.9. The quantitative estimate of drug-likeness (QED) is 0.585. The van der Waals surface area contributed by atoms with E-state index >= 15 is 0 Å². The van der Waals surface area contributed by atoms with Crippen LogP contribution in [0.15, 0.2) is 65.8 Å². The van der Waals surface area contributed by atoms with Crippen LogP contribution in [0.5, 0.6) is 0 Å². The lowest BCUT2D eigenvalue weighted by Crippen LogP contribution is -2.49. The first-order valence-electron chi connectivity index (χ1n) is 10.4. The number of amides is 2. The number of hydrogen-bond donors (Lipinski definition) is 1. The van der Waals surface area contributed by atoms with Crippen molar-refractivity contribution in [3.05, 3.63) is 72.2 Å². The fraction of sp³-hybridized carbons (Fsp3) is 0.273. The normalized spacial score (nSPS) is 14.8. The average Bonchev–Trinajstić information content (AvgIpc) is 3.26. The van der Waals surface area contributed by atoms with E-state index in [0.717, 1.165) is 5.69 Å². The number of sulfonamides is 1. The summed E-state index contributed by atoms with van der Waals surface area (Å²) in [6, 6.07) is 13.1. The van der Waals surface area contributed by atoms with Gasteiger partial charge in [-0.2, -0.15) is 9.40 Å². The predicted octanol–water partition coefficient (Wildman–Crippen LogP) is 1.43. The number of nitrogens with zero attached hydrogens (tertiary/aromatic N) is 5. The van der Waals surface area contributed by atoms with Crippen LogP contribution in [0.2, 0.25) is 0 Å². The Hall–Kier alpha value is -3.57. The van der Waals surface area contributed by atoms with Gasteiger partial charge in [-0.15, -0.1) is 0 Å². The van der Waals surface area contributed by atoms with Gasteiger partial charge in [0.1, 0.15) is 0 Å². The molecule has 0 saturated carbocycles. The Labute approximate surface area is 191 Å². The number of nitrogens with one attached hydrogen (secondary N) is 1. The van der Waals surface area contributed by atoms with Crippen LogP contribution in [0, 0.1) is 0 Å². The third kappa shape index (κ3) is 5.26. The summed E-state index contributed by atoms with van der Waals surface area (Å²) in [6.07, 6.45) is 3.45. The fourth-order valence-corrected chi connectivity index (χ4v) is 4.96. The monoisotopic (exact) mass is 468 g/mol. The van der Waals surface area contributed by atoms with Gasteiger partial charge >= 0.3 is 0 Å². The molecule has 4 rings (SSSR count). The largest absolute Gasteiger partial charge is 0.340 e. The van der Waals surface area contributed by atoms with Crippen molar-refractivity contribution in [1.82, 2.24) is 24.0 Å². The van der Waals surface area contributed by atoms with Gasteiger partial charge in [0, 0.05) is 57.1 Å². The zero-order valence-electron chi connectivity index (χ0n) is 18.1. The van der Waals surface area contributed by atoms with E-state index in [9.17, 15) is 18.0 Å². The lowest BCUT2D eigenvalue weighted by atomic mass is 10.2. The van der Waals surface area contributed by atoms with Crippen LogP contribution in [-0.4, -0.2) is 70.4 Å². The Kier molecular flexibility index (Phi) is 6.52. The molecule has 33 heavy (non-hydrogen) atoms. The molecule has 2 amide bonds. The minimum Gasteiger partial charge on any atom is -0.340 e. The number of hydrogen-bond acceptors (Lipinski definition) is 6. The summed E-state index contributed by atoms with van der Waals surface area (Å²) in [4.78, 5) is 30.0. The molecule has 1 aliphatic rings. The SMILES string of the molecule is CC(=O)N1CCN(S(=O)(=O)c2ccc(C(=O)Nc3ccn(Cc4ccccn4)n3)cc2)CC1. The van der Waals surface area contributed by atoms with E-state index in [4.69, 9.17) is 0 Å². The lowest BCUT2D eigenvalue weighted by Gasteiger charge is -2.33. The summed E-state index contributed by atoms with van der Waals surface area (Å²) < 4.78 is 28.8. The highest BCUT2D eigenvalue weighted by Crippen LogP contribution is 2.19. The van der Waals surface area contributed by atoms with E-state index in [-0.39, 0.29) is 23.9 Å². The molecule has 3 aromatic rings. The topological polar surface area (TPSA) is 118 Å². The minimum absolute atomic E-state index is 0.0658. The molecule has 0 bridgehead atoms. The molecule has 11 heteroatoms. The molecule has 0 spiro atoms. The molecule has 1 N–H and O–H groups in total. The Bertz CT molecular complexity index is 1230. The van der Waals surface area contributed by atoms with Crippen LogP contribution in [0.4, 0.5) is 5.82 Å². The number of piperazine rings is 1. The molecule has 0 aliphatic carbocycles. The molecule has 1 saturated heterocycles. The highest BCUT2D eigenvalue weighted by molar-refractivity contribution is 7.89. The van der Waals surface area contributed by atoms with Crippen molar-refractivity contribution in [2.45, 2.75) is 18.4 Å². The van der Waals surface area contributed by atoms with Gasteiger partial charge in [-0.25, -0.2) is 8.42 Å². The van der Waals surface area contributed by atoms with Crippen LogP contribution < -0.4 is 5.32 Å². The van der Waals surface area contributed by atoms with Gasteiger partial charge < -0.3 is 10.2 Å². The standard InChI is InChI=1S/C22H24N6O4S/c1-17(29)26-12-14-28(15-13-26)33(31,32)20-7-5-18(6-8-20)22(30)24-21-9-11-27(25-21)16-19-4-2-3-10-23-19/h2-11H,12-16H2,1H3,(H,24,25,30). The Balaban J connectivity index is 1.38. The number of aromatic nitrogens is 3. The summed E-state index contributed by atoms with van der Waals surface area (Å²) in [5.41, 5.74) is 1.16. The molecule has 1 aromatic carbocycles. The fourth-order valence-electron chi connectivity index (χ4n) is 3.53. The summed E-state index contributed by atoms with van der Waals surface area (Å²) in [5, 5.41) is 7.03. The lowest BCUT2D eigenvalue weighted by molar-refractivity contribution is -0.129. The maximum atomic E-state index is 12.9. The third-order valence-electron chi connectivity index (χ3n) is 5.37. The molecule has 0 atom stereocenters. The van der Waals surface area contributed by atoms with Gasteiger partial charge in [-0.3, -0.25) is 19.3 Å². The predicted molar refractivity (Wildman–Crippen MR) is 121 cm³/mol. The number of carbonyl (C=O) groups is 2. The number of carbonyl (C=O) groups excluding carboxylic acids is 2. The van der Waals surface area contributed by atoms with Gasteiger partial charge in [-0.1, -0.05) is 6.07 Å². The molecular weight excluding hydrogens is 444 g/mol. The Morgan fingerprint density at radius 3 is 2.36 bits per heavy atom. The van der Waals surface area contributed by atoms with Crippen LogP contribution >= 0.6 is 0 Å². The van der Waals surface area contributed by atoms with Gasteiger partial charge in [0.05, 0.1) is 17.1 Å². The number of benzene rings is 1. The van der Waals surface area contributed by atoms with Crippen LogP contribution in [0.1, 0.15) is 23.0 Å². The second kappa shape index (κ2) is 9.51. The van der Waals surface area contributed by atoms with Crippen LogP contribution in [0.3, 0.4) is 0 Å². The zero-order valence-corrected chi connectivity index (χ0v) is 18.9. The number of pyridine rings is 1. The van der Waals surface area contributed by atoms with Crippen molar-refractivity contribution < 1.29 is 18.0 Å². The second-order valence-electron chi connectivity index (χ2n) is 7.61. The molecule has 10 nitrogen and oxygen atoms in total. The summed E-state index contributed by atoms with van der Waals surface area (Å²) in [5.74, 6) is -0.0722. The van der Waals surface area contributed by atoms with Crippen molar-refractivity contribution in [3.63, 3.8) is 0 Å². The second-order valence-corrected chi connectivity index (χ2v) is 9.55. The molecule has 1 fully saturated rings. The van der Waals surface area contributed by atoms with E-state index in [0.29, 0.717) is 31.0 Å². The van der Waals surface area contributed by atoms with Crippen molar-refractivity contribution in [2.75, 3.05) is 31.5 Å². The molecule has 2 aromatic heterocycles. The summed E-state index contributed by atoms with van der Waals surface area (Å²) in [6.45, 7) is 3.16. The molecule has 3 heterocycles. The minimum atomic E-state index is -3.70. The van der Waals surface area contributed by atoms with Crippen LogP contribution in [0.25, 0.3) is 0 Å². The summed E-state index contributed by atoms with van der Waals surface area (Å²) in [7, 11) is -3.70. The Morgan fingerprint density at radius 1 is 1.00 bits per heavy atom. The molecule has 0 unspecified atom stereocenters. The molecule has 0 radical (unpaired) electrons. The zero-order chi connectivity index (χ0) is 23.4. The van der Waals surface area contributed by atoms with Gasteiger partial charge in [0.2, 0.25) is 15.9 Å². The van der Waals surface area contributed by atoms with Crippen LogP contribution in [-0.2, 0) is 21.4 Å². The van der Waals surface area contributed by atoms with Crippen molar-refractivity contribution in [3.8, 4) is 0 Å². The first kappa shape index (κ1) is 22.6. The average molecular weight is 469 g/mol. The van der Waals surface area contributed by atoms with E-state index < -0.39 is 15.9 Å². The van der Waals surface area contributed by atoms with Crippen molar-refractivity contribution in [1.29, 1.82) is 0 Å². The Morgan fingerprint density at radius 2 is 1.73 bits per heavy atom. The summed E-state index contributed by atoms with van der Waals surface area (Å²) >= 11 is 0. The van der Waals surface area contributed by atoms with Gasteiger partial charge in [0.15, 0.2) is 5.82 Å². The van der Waals surface area contributed by atoms with E-state index in [1.54, 1.807) is 28.0 Å².